The molecule has 1 nitrogen and oxygen atoms in total. The Balaban J connectivity index is 0.961. The topological polar surface area (TPSA) is 3.24 Å². The lowest BCUT2D eigenvalue weighted by Crippen LogP contribution is -2.10. The van der Waals surface area contributed by atoms with Gasteiger partial charge in [-0.3, -0.25) is 0 Å². The Morgan fingerprint density at radius 2 is 0.817 bits per heavy atom. The van der Waals surface area contributed by atoms with Crippen LogP contribution in [0.15, 0.2) is 237 Å². The molecule has 0 aliphatic carbocycles. The Morgan fingerprint density at radius 3 is 1.62 bits per heavy atom. The Labute approximate surface area is 354 Å². The highest BCUT2D eigenvalue weighted by Crippen LogP contribution is 2.46. The molecule has 0 amide bonds. The van der Waals surface area contributed by atoms with E-state index in [4.69, 9.17) is 0 Å². The second kappa shape index (κ2) is 15.3. The van der Waals surface area contributed by atoms with E-state index in [9.17, 15) is 0 Å². The van der Waals surface area contributed by atoms with Gasteiger partial charge in [-0.2, -0.15) is 0 Å². The summed E-state index contributed by atoms with van der Waals surface area (Å²) in [4.78, 5) is 2.44. The highest BCUT2D eigenvalue weighted by atomic mass is 32.1. The maximum atomic E-state index is 2.44. The second-order valence-electron chi connectivity index (χ2n) is 15.3. The molecule has 11 aromatic rings. The van der Waals surface area contributed by atoms with E-state index in [1.807, 2.05) is 11.3 Å². The third-order valence-electron chi connectivity index (χ3n) is 11.7. The number of anilines is 3. The van der Waals surface area contributed by atoms with Crippen LogP contribution in [0.5, 0.6) is 0 Å². The number of thiophene rings is 1. The summed E-state index contributed by atoms with van der Waals surface area (Å²) >= 11 is 1.86. The standard InChI is InChI=1S/C58H39NS/c1-2-14-44(15-3-1)52-21-6-7-22-53(52)49-19-11-20-51(39-49)59(55-24-12-26-57-58(55)54-23-8-9-25-56(54)60-57)50-35-33-42(34-36-50)41-27-29-43(30-28-41)46-17-10-18-47(37-46)48-32-31-40-13-4-5-16-45(40)38-48/h1-39H. The molecule has 0 atom stereocenters. The molecule has 10 aromatic carbocycles. The summed E-state index contributed by atoms with van der Waals surface area (Å²) in [5.74, 6) is 0. The van der Waals surface area contributed by atoms with Crippen LogP contribution in [0.4, 0.5) is 17.1 Å². The fraction of sp³-hybridized carbons (Fsp3) is 0. The van der Waals surface area contributed by atoms with Gasteiger partial charge in [0.05, 0.1) is 5.69 Å². The molecule has 282 valence electrons. The summed E-state index contributed by atoms with van der Waals surface area (Å²) in [6, 6.07) is 86.1. The Hall–Kier alpha value is -7.52. The van der Waals surface area contributed by atoms with E-state index in [-0.39, 0.29) is 0 Å². The van der Waals surface area contributed by atoms with E-state index >= 15 is 0 Å². The van der Waals surface area contributed by atoms with Gasteiger partial charge >= 0.3 is 0 Å². The van der Waals surface area contributed by atoms with Gasteiger partial charge in [-0.25, -0.2) is 0 Å². The SMILES string of the molecule is c1ccc(-c2ccccc2-c2cccc(N(c3ccc(-c4ccc(-c5cccc(-c6ccc7ccccc7c6)c5)cc4)cc3)c3cccc4sc5ccccc5c34)c2)cc1. The van der Waals surface area contributed by atoms with Gasteiger partial charge in [-0.05, 0) is 121 Å². The van der Waals surface area contributed by atoms with Crippen molar-refractivity contribution in [2.24, 2.45) is 0 Å². The van der Waals surface area contributed by atoms with Gasteiger partial charge in [0.1, 0.15) is 0 Å². The molecule has 60 heavy (non-hydrogen) atoms. The molecule has 0 aliphatic rings. The quantitative estimate of drug-likeness (QED) is 0.148. The van der Waals surface area contributed by atoms with Crippen molar-refractivity contribution in [2.45, 2.75) is 0 Å². The third-order valence-corrected chi connectivity index (χ3v) is 12.8. The molecule has 0 saturated carbocycles. The zero-order valence-corrected chi connectivity index (χ0v) is 33.7. The van der Waals surface area contributed by atoms with Crippen molar-refractivity contribution in [1.29, 1.82) is 0 Å². The molecule has 0 saturated heterocycles. The largest absolute Gasteiger partial charge is 0.310 e. The predicted octanol–water partition coefficient (Wildman–Crippen LogP) is 17.0. The first-order valence-electron chi connectivity index (χ1n) is 20.5. The molecule has 0 fully saturated rings. The van der Waals surface area contributed by atoms with Gasteiger partial charge in [-0.15, -0.1) is 11.3 Å². The molecule has 0 spiro atoms. The van der Waals surface area contributed by atoms with Crippen molar-refractivity contribution in [2.75, 3.05) is 4.90 Å². The van der Waals surface area contributed by atoms with Crippen molar-refractivity contribution in [1.82, 2.24) is 0 Å². The first kappa shape index (κ1) is 35.6. The van der Waals surface area contributed by atoms with E-state index in [1.165, 1.54) is 92.3 Å². The smallest absolute Gasteiger partial charge is 0.0554 e. The molecular weight excluding hydrogens is 743 g/mol. The number of fused-ring (bicyclic) bond motifs is 4. The van der Waals surface area contributed by atoms with Crippen LogP contribution in [-0.2, 0) is 0 Å². The van der Waals surface area contributed by atoms with Gasteiger partial charge in [0, 0.05) is 31.5 Å². The van der Waals surface area contributed by atoms with Crippen LogP contribution in [-0.4, -0.2) is 0 Å². The Bertz CT molecular complexity index is 3310. The average Bonchev–Trinajstić information content (AvgIpc) is 3.72. The fourth-order valence-electron chi connectivity index (χ4n) is 8.69. The number of hydrogen-bond donors (Lipinski definition) is 0. The van der Waals surface area contributed by atoms with Crippen LogP contribution in [0.2, 0.25) is 0 Å². The van der Waals surface area contributed by atoms with Gasteiger partial charge < -0.3 is 4.90 Å². The van der Waals surface area contributed by atoms with Crippen LogP contribution in [0.25, 0.3) is 86.6 Å². The Kier molecular flexibility index (Phi) is 9.11. The van der Waals surface area contributed by atoms with Crippen LogP contribution >= 0.6 is 11.3 Å². The first-order chi connectivity index (χ1) is 29.7. The van der Waals surface area contributed by atoms with E-state index in [0.29, 0.717) is 0 Å². The molecular formula is C58H39NS. The highest BCUT2D eigenvalue weighted by molar-refractivity contribution is 7.26. The molecule has 11 rings (SSSR count). The van der Waals surface area contributed by atoms with Crippen molar-refractivity contribution in [3.63, 3.8) is 0 Å². The van der Waals surface area contributed by atoms with Crippen LogP contribution < -0.4 is 4.90 Å². The third kappa shape index (κ3) is 6.63. The minimum absolute atomic E-state index is 1.11. The molecule has 1 aromatic heterocycles. The lowest BCUT2D eigenvalue weighted by Gasteiger charge is -2.27. The summed E-state index contributed by atoms with van der Waals surface area (Å²) in [6.07, 6.45) is 0. The van der Waals surface area contributed by atoms with E-state index in [0.717, 1.165) is 11.4 Å². The molecule has 0 bridgehead atoms. The minimum Gasteiger partial charge on any atom is -0.310 e. The van der Waals surface area contributed by atoms with Crippen LogP contribution in [0.1, 0.15) is 0 Å². The van der Waals surface area contributed by atoms with Crippen LogP contribution in [0.3, 0.4) is 0 Å². The first-order valence-corrected chi connectivity index (χ1v) is 21.3. The van der Waals surface area contributed by atoms with Gasteiger partial charge in [0.25, 0.3) is 0 Å². The van der Waals surface area contributed by atoms with Crippen LogP contribution in [0, 0.1) is 0 Å². The molecule has 0 N–H and O–H groups in total. The summed E-state index contributed by atoms with van der Waals surface area (Å²) in [6.45, 7) is 0. The lowest BCUT2D eigenvalue weighted by atomic mass is 9.94. The molecule has 0 aliphatic heterocycles. The maximum absolute atomic E-state index is 2.44. The number of nitrogens with zero attached hydrogens (tertiary/aromatic N) is 1. The number of hydrogen-bond acceptors (Lipinski definition) is 2. The second-order valence-corrected chi connectivity index (χ2v) is 16.4. The molecule has 0 unspecified atom stereocenters. The molecule has 1 heterocycles. The van der Waals surface area contributed by atoms with Crippen molar-refractivity contribution < 1.29 is 0 Å². The summed E-state index contributed by atoms with van der Waals surface area (Å²) in [7, 11) is 0. The van der Waals surface area contributed by atoms with Gasteiger partial charge in [0.2, 0.25) is 0 Å². The van der Waals surface area contributed by atoms with Crippen molar-refractivity contribution in [3.8, 4) is 55.6 Å². The minimum atomic E-state index is 1.11. The Morgan fingerprint density at radius 1 is 0.283 bits per heavy atom. The van der Waals surface area contributed by atoms with E-state index in [1.54, 1.807) is 0 Å². The normalized spacial score (nSPS) is 11.3. The fourth-order valence-corrected chi connectivity index (χ4v) is 9.82. The monoisotopic (exact) mass is 781 g/mol. The highest BCUT2D eigenvalue weighted by Gasteiger charge is 2.20. The van der Waals surface area contributed by atoms with Gasteiger partial charge in [-0.1, -0.05) is 182 Å². The average molecular weight is 782 g/mol. The zero-order chi connectivity index (χ0) is 39.8. The number of benzene rings is 10. The molecule has 0 radical (unpaired) electrons. The molecule has 2 heteroatoms. The summed E-state index contributed by atoms with van der Waals surface area (Å²) < 4.78 is 2.58. The zero-order valence-electron chi connectivity index (χ0n) is 32.9. The lowest BCUT2D eigenvalue weighted by molar-refractivity contribution is 1.30. The van der Waals surface area contributed by atoms with Gasteiger partial charge in [0.15, 0.2) is 0 Å². The van der Waals surface area contributed by atoms with Crippen molar-refractivity contribution >= 4 is 59.3 Å². The van der Waals surface area contributed by atoms with Crippen molar-refractivity contribution in [3.05, 3.63) is 237 Å². The predicted molar refractivity (Wildman–Crippen MR) is 259 cm³/mol. The number of rotatable bonds is 8. The maximum Gasteiger partial charge on any atom is 0.0554 e. The summed E-state index contributed by atoms with van der Waals surface area (Å²) in [5, 5.41) is 5.08. The van der Waals surface area contributed by atoms with E-state index < -0.39 is 0 Å². The van der Waals surface area contributed by atoms with E-state index in [2.05, 4.69) is 241 Å². The summed E-state index contributed by atoms with van der Waals surface area (Å²) in [5.41, 5.74) is 15.4.